The van der Waals surface area contributed by atoms with Crippen molar-refractivity contribution in [2.24, 2.45) is 0 Å². The normalized spacial score (nSPS) is 11.0. The van der Waals surface area contributed by atoms with E-state index in [4.69, 9.17) is 9.72 Å². The second-order valence-corrected chi connectivity index (χ2v) is 7.33. The second kappa shape index (κ2) is 8.45. The largest absolute Gasteiger partial charge is 0.465 e. The van der Waals surface area contributed by atoms with Gasteiger partial charge in [-0.25, -0.2) is 9.78 Å². The summed E-state index contributed by atoms with van der Waals surface area (Å²) < 4.78 is 5.14. The molecule has 0 amide bonds. The molecule has 0 aliphatic rings. The Kier molecular flexibility index (Phi) is 5.57. The molecule has 0 fully saturated rings. The zero-order valence-corrected chi connectivity index (χ0v) is 17.0. The zero-order valence-electron chi connectivity index (χ0n) is 16.2. The fraction of sp³-hybridized carbons (Fsp3) is 0.182. The summed E-state index contributed by atoms with van der Waals surface area (Å²) in [5.41, 5.74) is 3.75. The lowest BCUT2D eigenvalue weighted by molar-refractivity contribution is 0.0600. The number of nitrogens with one attached hydrogen (secondary N) is 1. The Morgan fingerprint density at radius 3 is 2.55 bits per heavy atom. The molecule has 0 radical (unpaired) electrons. The molecule has 0 aliphatic carbocycles. The topological polar surface area (TPSA) is 80.8 Å². The van der Waals surface area contributed by atoms with Gasteiger partial charge in [0.15, 0.2) is 0 Å². The third kappa shape index (κ3) is 3.86. The first-order chi connectivity index (χ1) is 14.2. The number of ether oxygens (including phenoxy) is 1. The molecule has 6 nitrogen and oxygen atoms in total. The summed E-state index contributed by atoms with van der Waals surface area (Å²) in [5.74, 6) is 0.884. The molecule has 0 unspecified atom stereocenters. The fourth-order valence-electron chi connectivity index (χ4n) is 3.23. The molecule has 4 aromatic rings. The van der Waals surface area contributed by atoms with Gasteiger partial charge in [-0.3, -0.25) is 10.1 Å². The average Bonchev–Trinajstić information content (AvgIpc) is 3.25. The van der Waals surface area contributed by atoms with Gasteiger partial charge in [0.25, 0.3) is 0 Å². The third-order valence-corrected chi connectivity index (χ3v) is 5.46. The van der Waals surface area contributed by atoms with Crippen LogP contribution in [0.2, 0.25) is 0 Å². The number of rotatable bonds is 6. The molecular weight excluding hydrogens is 384 g/mol. The maximum atomic E-state index is 12.8. The number of methoxy groups -OCH3 is 1. The average molecular weight is 404 g/mol. The maximum absolute atomic E-state index is 12.8. The Labute approximate surface area is 172 Å². The van der Waals surface area contributed by atoms with Gasteiger partial charge >= 0.3 is 5.97 Å². The Morgan fingerprint density at radius 1 is 1.07 bits per heavy atom. The molecule has 0 saturated carbocycles. The number of H-pyrrole nitrogens is 1. The van der Waals surface area contributed by atoms with Crippen molar-refractivity contribution in [1.29, 1.82) is 0 Å². The standard InChI is InChI=1S/C22H20N4O2S/c1-3-18-24-22(26-25-18)29-13-17-20(21(27)28-2)19(14-9-5-4-6-10-14)15-11-7-8-12-16(15)23-17/h4-12H,3,13H2,1-2H3,(H,24,25,26). The van der Waals surface area contributed by atoms with E-state index in [-0.39, 0.29) is 0 Å². The van der Waals surface area contributed by atoms with Gasteiger partial charge in [-0.1, -0.05) is 67.2 Å². The van der Waals surface area contributed by atoms with E-state index in [0.717, 1.165) is 34.3 Å². The zero-order chi connectivity index (χ0) is 20.2. The van der Waals surface area contributed by atoms with Crippen LogP contribution < -0.4 is 0 Å². The van der Waals surface area contributed by atoms with Crippen molar-refractivity contribution in [2.75, 3.05) is 7.11 Å². The van der Waals surface area contributed by atoms with Crippen LogP contribution in [0.25, 0.3) is 22.0 Å². The molecule has 0 atom stereocenters. The number of thioether (sulfide) groups is 1. The van der Waals surface area contributed by atoms with Crippen LogP contribution in [0.5, 0.6) is 0 Å². The van der Waals surface area contributed by atoms with Gasteiger partial charge in [0.2, 0.25) is 5.16 Å². The van der Waals surface area contributed by atoms with Crippen molar-refractivity contribution in [1.82, 2.24) is 20.2 Å². The first-order valence-electron chi connectivity index (χ1n) is 9.30. The smallest absolute Gasteiger partial charge is 0.340 e. The predicted octanol–water partition coefficient (Wildman–Crippen LogP) is 4.66. The number of benzene rings is 2. The minimum absolute atomic E-state index is 0.401. The number of nitrogens with zero attached hydrogens (tertiary/aromatic N) is 3. The van der Waals surface area contributed by atoms with Gasteiger partial charge in [-0.2, -0.15) is 0 Å². The van der Waals surface area contributed by atoms with E-state index in [1.54, 1.807) is 0 Å². The molecule has 0 bridgehead atoms. The minimum atomic E-state index is -0.401. The second-order valence-electron chi connectivity index (χ2n) is 6.39. The quantitative estimate of drug-likeness (QED) is 0.372. The van der Waals surface area contributed by atoms with Crippen LogP contribution in [0.1, 0.15) is 28.8 Å². The first-order valence-corrected chi connectivity index (χ1v) is 10.3. The minimum Gasteiger partial charge on any atom is -0.465 e. The lowest BCUT2D eigenvalue weighted by Gasteiger charge is -2.15. The number of fused-ring (bicyclic) bond motifs is 1. The highest BCUT2D eigenvalue weighted by Crippen LogP contribution is 2.35. The van der Waals surface area contributed by atoms with E-state index >= 15 is 0 Å². The van der Waals surface area contributed by atoms with Crippen LogP contribution in [0.4, 0.5) is 0 Å². The van der Waals surface area contributed by atoms with E-state index in [2.05, 4.69) is 15.2 Å². The highest BCUT2D eigenvalue weighted by molar-refractivity contribution is 7.98. The molecule has 0 aliphatic heterocycles. The molecule has 2 aromatic heterocycles. The molecule has 0 spiro atoms. The van der Waals surface area contributed by atoms with Crippen molar-refractivity contribution in [3.8, 4) is 11.1 Å². The highest BCUT2D eigenvalue weighted by Gasteiger charge is 2.23. The molecular formula is C22H20N4O2S. The van der Waals surface area contributed by atoms with E-state index in [1.807, 2.05) is 61.5 Å². The first kappa shape index (κ1) is 19.1. The summed E-state index contributed by atoms with van der Waals surface area (Å²) in [4.78, 5) is 22.0. The van der Waals surface area contributed by atoms with Crippen molar-refractivity contribution < 1.29 is 9.53 Å². The van der Waals surface area contributed by atoms with Crippen molar-refractivity contribution in [3.05, 3.63) is 71.7 Å². The predicted molar refractivity (Wildman–Crippen MR) is 114 cm³/mol. The number of aromatic nitrogens is 4. The number of aryl methyl sites for hydroxylation is 1. The van der Waals surface area contributed by atoms with Crippen molar-refractivity contribution in [3.63, 3.8) is 0 Å². The molecule has 0 saturated heterocycles. The van der Waals surface area contributed by atoms with E-state index in [0.29, 0.717) is 22.2 Å². The van der Waals surface area contributed by atoms with Crippen LogP contribution in [-0.2, 0) is 16.9 Å². The summed E-state index contributed by atoms with van der Waals surface area (Å²) in [6.45, 7) is 2.02. The molecule has 2 aromatic carbocycles. The summed E-state index contributed by atoms with van der Waals surface area (Å²) >= 11 is 1.44. The molecule has 1 N–H and O–H groups in total. The number of pyridine rings is 1. The number of aromatic amines is 1. The number of esters is 1. The SMILES string of the molecule is CCc1nc(SCc2nc3ccccc3c(-c3ccccc3)c2C(=O)OC)n[nH]1. The Bertz CT molecular complexity index is 1160. The van der Waals surface area contributed by atoms with Gasteiger partial charge in [-0.15, -0.1) is 5.10 Å². The molecule has 7 heteroatoms. The van der Waals surface area contributed by atoms with Crippen LogP contribution in [0, 0.1) is 0 Å². The van der Waals surface area contributed by atoms with Gasteiger partial charge in [0.05, 0.1) is 23.9 Å². The third-order valence-electron chi connectivity index (χ3n) is 4.60. The van der Waals surface area contributed by atoms with Crippen LogP contribution in [-0.4, -0.2) is 33.2 Å². The van der Waals surface area contributed by atoms with Gasteiger partial charge < -0.3 is 4.74 Å². The number of hydrogen-bond acceptors (Lipinski definition) is 6. The fourth-order valence-corrected chi connectivity index (χ4v) is 3.99. The number of hydrogen-bond donors (Lipinski definition) is 1. The van der Waals surface area contributed by atoms with Crippen LogP contribution in [0.15, 0.2) is 59.8 Å². The van der Waals surface area contributed by atoms with E-state index in [1.165, 1.54) is 18.9 Å². The number of carbonyl (C=O) groups is 1. The summed E-state index contributed by atoms with van der Waals surface area (Å²) in [6.07, 6.45) is 0.785. The highest BCUT2D eigenvalue weighted by atomic mass is 32.2. The van der Waals surface area contributed by atoms with Gasteiger partial charge in [0, 0.05) is 23.1 Å². The van der Waals surface area contributed by atoms with Crippen LogP contribution in [0.3, 0.4) is 0 Å². The number of carbonyl (C=O) groups excluding carboxylic acids is 1. The Balaban J connectivity index is 1.87. The molecule has 4 rings (SSSR count). The molecule has 146 valence electrons. The Hall–Kier alpha value is -3.19. The lowest BCUT2D eigenvalue weighted by Crippen LogP contribution is -2.10. The van der Waals surface area contributed by atoms with Gasteiger partial charge in [0.1, 0.15) is 5.82 Å². The van der Waals surface area contributed by atoms with Crippen LogP contribution >= 0.6 is 11.8 Å². The summed E-state index contributed by atoms with van der Waals surface area (Å²) in [5, 5.41) is 8.68. The lowest BCUT2D eigenvalue weighted by atomic mass is 9.94. The maximum Gasteiger partial charge on any atom is 0.340 e. The molecule has 29 heavy (non-hydrogen) atoms. The summed E-state index contributed by atoms with van der Waals surface area (Å²) in [7, 11) is 1.39. The van der Waals surface area contributed by atoms with E-state index in [9.17, 15) is 4.79 Å². The van der Waals surface area contributed by atoms with Gasteiger partial charge in [-0.05, 0) is 11.6 Å². The Morgan fingerprint density at radius 2 is 1.83 bits per heavy atom. The number of para-hydroxylation sites is 1. The summed E-state index contributed by atoms with van der Waals surface area (Å²) in [6, 6.07) is 17.7. The monoisotopic (exact) mass is 404 g/mol. The van der Waals surface area contributed by atoms with Crippen molar-refractivity contribution in [2.45, 2.75) is 24.3 Å². The van der Waals surface area contributed by atoms with E-state index < -0.39 is 5.97 Å². The molecule has 2 heterocycles. The van der Waals surface area contributed by atoms with Crippen molar-refractivity contribution >= 4 is 28.6 Å².